The van der Waals surface area contributed by atoms with E-state index < -0.39 is 12.3 Å². The zero-order valence-electron chi connectivity index (χ0n) is 16.2. The van der Waals surface area contributed by atoms with Gasteiger partial charge in [0, 0.05) is 21.5 Å². The van der Waals surface area contributed by atoms with E-state index in [9.17, 15) is 9.59 Å². The van der Waals surface area contributed by atoms with Crippen LogP contribution in [0, 0.1) is 0 Å². The SMILES string of the molecule is CCCOC(=O)Oc1c2ccccc2c(OC(=O)OCCC)c2c(Cl)cccc12. The van der Waals surface area contributed by atoms with Gasteiger partial charge in [0.1, 0.15) is 0 Å². The Morgan fingerprint density at radius 3 is 1.86 bits per heavy atom. The lowest BCUT2D eigenvalue weighted by atomic mass is 10.0. The lowest BCUT2D eigenvalue weighted by Crippen LogP contribution is -2.13. The second-order valence-electron chi connectivity index (χ2n) is 6.27. The average Bonchev–Trinajstić information content (AvgIpc) is 2.73. The molecular formula is C22H21ClO6. The number of rotatable bonds is 6. The molecule has 0 heterocycles. The predicted octanol–water partition coefficient (Wildman–Crippen LogP) is 6.50. The van der Waals surface area contributed by atoms with Crippen molar-refractivity contribution in [3.63, 3.8) is 0 Å². The minimum absolute atomic E-state index is 0.243. The molecule has 0 saturated carbocycles. The first-order chi connectivity index (χ1) is 14.1. The first kappa shape index (κ1) is 20.7. The van der Waals surface area contributed by atoms with Gasteiger partial charge < -0.3 is 18.9 Å². The molecule has 7 heteroatoms. The largest absolute Gasteiger partial charge is 0.513 e. The van der Waals surface area contributed by atoms with Crippen molar-refractivity contribution in [1.29, 1.82) is 0 Å². The second-order valence-corrected chi connectivity index (χ2v) is 6.67. The molecule has 0 unspecified atom stereocenters. The van der Waals surface area contributed by atoms with Gasteiger partial charge >= 0.3 is 12.3 Å². The van der Waals surface area contributed by atoms with Crippen LogP contribution in [-0.4, -0.2) is 25.5 Å². The summed E-state index contributed by atoms with van der Waals surface area (Å²) in [5.74, 6) is 0.532. The number of carbonyl (C=O) groups is 2. The maximum atomic E-state index is 12.2. The third-order valence-corrected chi connectivity index (χ3v) is 4.44. The first-order valence-corrected chi connectivity index (χ1v) is 9.76. The van der Waals surface area contributed by atoms with E-state index >= 15 is 0 Å². The van der Waals surface area contributed by atoms with E-state index in [1.165, 1.54) is 0 Å². The topological polar surface area (TPSA) is 71.1 Å². The first-order valence-electron chi connectivity index (χ1n) is 9.38. The summed E-state index contributed by atoms with van der Waals surface area (Å²) in [7, 11) is 0. The minimum Gasteiger partial charge on any atom is -0.434 e. The second kappa shape index (κ2) is 9.47. The van der Waals surface area contributed by atoms with Gasteiger partial charge in [0.2, 0.25) is 0 Å². The van der Waals surface area contributed by atoms with Crippen LogP contribution in [0.1, 0.15) is 26.7 Å². The highest BCUT2D eigenvalue weighted by atomic mass is 35.5. The fraction of sp³-hybridized carbons (Fsp3) is 0.273. The lowest BCUT2D eigenvalue weighted by molar-refractivity contribution is 0.0984. The van der Waals surface area contributed by atoms with Crippen LogP contribution >= 0.6 is 11.6 Å². The summed E-state index contributed by atoms with van der Waals surface area (Å²) in [5, 5.41) is 2.44. The molecule has 0 aliphatic carbocycles. The molecule has 0 aliphatic rings. The molecule has 0 amide bonds. The Bertz CT molecular complexity index is 1050. The van der Waals surface area contributed by atoms with Gasteiger partial charge in [0.25, 0.3) is 0 Å². The normalized spacial score (nSPS) is 10.7. The average molecular weight is 417 g/mol. The van der Waals surface area contributed by atoms with E-state index in [1.54, 1.807) is 42.5 Å². The highest BCUT2D eigenvalue weighted by molar-refractivity contribution is 6.37. The fourth-order valence-electron chi connectivity index (χ4n) is 2.92. The molecule has 0 atom stereocenters. The fourth-order valence-corrected chi connectivity index (χ4v) is 3.18. The van der Waals surface area contributed by atoms with Crippen LogP contribution in [0.2, 0.25) is 5.02 Å². The van der Waals surface area contributed by atoms with Gasteiger partial charge in [0.05, 0.1) is 18.2 Å². The van der Waals surface area contributed by atoms with Crippen LogP contribution in [0.5, 0.6) is 11.5 Å². The van der Waals surface area contributed by atoms with Crippen molar-refractivity contribution in [1.82, 2.24) is 0 Å². The third kappa shape index (κ3) is 4.54. The molecule has 0 radical (unpaired) electrons. The van der Waals surface area contributed by atoms with Crippen molar-refractivity contribution < 1.29 is 28.5 Å². The van der Waals surface area contributed by atoms with Crippen molar-refractivity contribution in [2.75, 3.05) is 13.2 Å². The molecule has 6 nitrogen and oxygen atoms in total. The molecule has 0 bridgehead atoms. The Labute approximate surface area is 173 Å². The van der Waals surface area contributed by atoms with Crippen LogP contribution in [0.4, 0.5) is 9.59 Å². The molecule has 0 spiro atoms. The van der Waals surface area contributed by atoms with Crippen molar-refractivity contribution in [3.05, 3.63) is 47.5 Å². The Kier molecular flexibility index (Phi) is 6.77. The lowest BCUT2D eigenvalue weighted by Gasteiger charge is -2.16. The van der Waals surface area contributed by atoms with Crippen LogP contribution in [0.3, 0.4) is 0 Å². The molecule has 3 rings (SSSR count). The van der Waals surface area contributed by atoms with Gasteiger partial charge in [-0.25, -0.2) is 9.59 Å². The van der Waals surface area contributed by atoms with Gasteiger partial charge in [-0.3, -0.25) is 0 Å². The summed E-state index contributed by atoms with van der Waals surface area (Å²) in [4.78, 5) is 24.3. The van der Waals surface area contributed by atoms with E-state index in [0.717, 1.165) is 0 Å². The standard InChI is InChI=1S/C22H21ClO6/c1-3-12-26-21(24)28-19-14-8-5-6-9-15(14)20(29-22(25)27-13-4-2)18-16(19)10-7-11-17(18)23/h5-11H,3-4,12-13H2,1-2H3. The van der Waals surface area contributed by atoms with Gasteiger partial charge in [0.15, 0.2) is 11.5 Å². The quantitative estimate of drug-likeness (QED) is 0.259. The van der Waals surface area contributed by atoms with E-state index in [-0.39, 0.29) is 24.7 Å². The van der Waals surface area contributed by atoms with Gasteiger partial charge in [-0.2, -0.15) is 0 Å². The molecular weight excluding hydrogens is 396 g/mol. The molecule has 0 saturated heterocycles. The van der Waals surface area contributed by atoms with Crippen LogP contribution < -0.4 is 9.47 Å². The summed E-state index contributed by atoms with van der Waals surface area (Å²) in [5.41, 5.74) is 0. The smallest absolute Gasteiger partial charge is 0.434 e. The molecule has 29 heavy (non-hydrogen) atoms. The van der Waals surface area contributed by atoms with E-state index in [4.69, 9.17) is 30.5 Å². The molecule has 3 aromatic rings. The van der Waals surface area contributed by atoms with Gasteiger partial charge in [-0.15, -0.1) is 0 Å². The van der Waals surface area contributed by atoms with E-state index in [0.29, 0.717) is 39.4 Å². The molecule has 0 fully saturated rings. The molecule has 0 aromatic heterocycles. The Balaban J connectivity index is 2.19. The number of carbonyl (C=O) groups excluding carboxylic acids is 2. The Hall–Kier alpha value is -2.99. The van der Waals surface area contributed by atoms with Crippen molar-refractivity contribution in [2.45, 2.75) is 26.7 Å². The van der Waals surface area contributed by atoms with Gasteiger partial charge in [-0.1, -0.05) is 61.8 Å². The van der Waals surface area contributed by atoms with Crippen LogP contribution in [0.25, 0.3) is 21.5 Å². The molecule has 3 aromatic carbocycles. The predicted molar refractivity (Wildman–Crippen MR) is 111 cm³/mol. The number of ether oxygens (including phenoxy) is 4. The third-order valence-electron chi connectivity index (χ3n) is 4.12. The van der Waals surface area contributed by atoms with Crippen LogP contribution in [0.15, 0.2) is 42.5 Å². The summed E-state index contributed by atoms with van der Waals surface area (Å²) in [6.07, 6.45) is -0.289. The number of hydrogen-bond acceptors (Lipinski definition) is 6. The maximum Gasteiger partial charge on any atom is 0.513 e. The monoisotopic (exact) mass is 416 g/mol. The van der Waals surface area contributed by atoms with Crippen LogP contribution in [-0.2, 0) is 9.47 Å². The van der Waals surface area contributed by atoms with E-state index in [2.05, 4.69) is 0 Å². The summed E-state index contributed by atoms with van der Waals surface area (Å²) in [6, 6.07) is 12.2. The van der Waals surface area contributed by atoms with Crippen molar-refractivity contribution in [3.8, 4) is 11.5 Å². The summed E-state index contributed by atoms with van der Waals surface area (Å²) >= 11 is 6.44. The zero-order valence-corrected chi connectivity index (χ0v) is 17.0. The number of fused-ring (bicyclic) bond motifs is 2. The number of halogens is 1. The maximum absolute atomic E-state index is 12.2. The highest BCUT2D eigenvalue weighted by Gasteiger charge is 2.22. The van der Waals surface area contributed by atoms with Crippen molar-refractivity contribution >= 4 is 45.5 Å². The summed E-state index contributed by atoms with van der Waals surface area (Å²) < 4.78 is 21.2. The van der Waals surface area contributed by atoms with Crippen molar-refractivity contribution in [2.24, 2.45) is 0 Å². The number of benzene rings is 3. The van der Waals surface area contributed by atoms with Gasteiger partial charge in [-0.05, 0) is 18.9 Å². The molecule has 152 valence electrons. The minimum atomic E-state index is -0.825. The molecule has 0 aliphatic heterocycles. The Morgan fingerprint density at radius 2 is 1.28 bits per heavy atom. The Morgan fingerprint density at radius 1 is 0.759 bits per heavy atom. The van der Waals surface area contributed by atoms with E-state index in [1.807, 2.05) is 13.8 Å². The zero-order chi connectivity index (χ0) is 20.8. The summed E-state index contributed by atoms with van der Waals surface area (Å²) in [6.45, 7) is 4.27. The number of hydrogen-bond donors (Lipinski definition) is 0. The molecule has 0 N–H and O–H groups in total. The highest BCUT2D eigenvalue weighted by Crippen LogP contribution is 2.45.